The van der Waals surface area contributed by atoms with E-state index in [9.17, 15) is 4.79 Å². The van der Waals surface area contributed by atoms with Crippen LogP contribution in [-0.4, -0.2) is 11.5 Å². The smallest absolute Gasteiger partial charge is 0.252 e. The number of hydrogen-bond donors (Lipinski definition) is 2. The topological polar surface area (TPSA) is 44.9 Å². The number of para-hydroxylation sites is 1. The van der Waals surface area contributed by atoms with Gasteiger partial charge < -0.3 is 10.3 Å². The number of H-pyrrole nitrogens is 1. The Bertz CT molecular complexity index is 572. The fourth-order valence-electron chi connectivity index (χ4n) is 2.03. The molecule has 3 nitrogen and oxygen atoms in total. The van der Waals surface area contributed by atoms with Crippen molar-refractivity contribution in [3.8, 4) is 0 Å². The third-order valence-corrected chi connectivity index (χ3v) is 2.99. The second-order valence-corrected chi connectivity index (χ2v) is 4.14. The van der Waals surface area contributed by atoms with Crippen molar-refractivity contribution in [2.75, 3.05) is 6.54 Å². The quantitative estimate of drug-likeness (QED) is 0.845. The predicted octanol–water partition coefficient (Wildman–Crippen LogP) is 2.20. The van der Waals surface area contributed by atoms with Crippen LogP contribution in [0.25, 0.3) is 10.9 Å². The Balaban J connectivity index is 2.54. The molecule has 0 saturated carbocycles. The molecule has 90 valence electrons. The molecule has 0 aliphatic heterocycles. The summed E-state index contributed by atoms with van der Waals surface area (Å²) in [4.78, 5) is 14.9. The highest BCUT2D eigenvalue weighted by atomic mass is 16.1. The number of aromatic nitrogens is 1. The summed E-state index contributed by atoms with van der Waals surface area (Å²) in [6.45, 7) is 5.62. The predicted molar refractivity (Wildman–Crippen MR) is 71.3 cm³/mol. The van der Waals surface area contributed by atoms with E-state index in [-0.39, 0.29) is 5.56 Å². The normalized spacial score (nSPS) is 10.9. The van der Waals surface area contributed by atoms with Crippen LogP contribution in [0.4, 0.5) is 0 Å². The lowest BCUT2D eigenvalue weighted by Gasteiger charge is -2.07. The Morgan fingerprint density at radius 3 is 2.76 bits per heavy atom. The summed E-state index contributed by atoms with van der Waals surface area (Å²) in [5.74, 6) is 0. The molecular formula is C14H18N2O. The first kappa shape index (κ1) is 11.9. The highest BCUT2D eigenvalue weighted by Gasteiger charge is 2.04. The van der Waals surface area contributed by atoms with Gasteiger partial charge in [0.2, 0.25) is 0 Å². The van der Waals surface area contributed by atoms with Crippen molar-refractivity contribution in [1.82, 2.24) is 10.3 Å². The van der Waals surface area contributed by atoms with Gasteiger partial charge in [-0.2, -0.15) is 0 Å². The number of benzene rings is 1. The number of hydrogen-bond acceptors (Lipinski definition) is 2. The summed E-state index contributed by atoms with van der Waals surface area (Å²) in [5, 5.41) is 4.29. The van der Waals surface area contributed by atoms with E-state index in [0.717, 1.165) is 29.4 Å². The van der Waals surface area contributed by atoms with Crippen molar-refractivity contribution >= 4 is 10.9 Å². The Hall–Kier alpha value is -1.61. The van der Waals surface area contributed by atoms with E-state index in [4.69, 9.17) is 0 Å². The summed E-state index contributed by atoms with van der Waals surface area (Å²) in [5.41, 5.74) is 2.97. The minimum Gasteiger partial charge on any atom is -0.321 e. The van der Waals surface area contributed by atoms with Gasteiger partial charge in [0.1, 0.15) is 0 Å². The first-order chi connectivity index (χ1) is 8.26. The molecule has 2 aromatic rings. The Morgan fingerprint density at radius 2 is 2.06 bits per heavy atom. The average Bonchev–Trinajstić information content (AvgIpc) is 2.35. The summed E-state index contributed by atoms with van der Waals surface area (Å²) in [6, 6.07) is 8.12. The molecule has 0 saturated heterocycles. The van der Waals surface area contributed by atoms with E-state index in [1.807, 2.05) is 25.1 Å². The maximum atomic E-state index is 11.9. The molecule has 0 unspecified atom stereocenters. The third kappa shape index (κ3) is 2.39. The highest BCUT2D eigenvalue weighted by molar-refractivity contribution is 5.82. The molecule has 0 aliphatic carbocycles. The van der Waals surface area contributed by atoms with Gasteiger partial charge in [0.15, 0.2) is 0 Å². The van der Waals surface area contributed by atoms with Crippen LogP contribution in [0.5, 0.6) is 0 Å². The zero-order valence-electron chi connectivity index (χ0n) is 10.3. The molecule has 17 heavy (non-hydrogen) atoms. The van der Waals surface area contributed by atoms with Gasteiger partial charge in [0.25, 0.3) is 5.56 Å². The standard InChI is InChI=1S/C14H18N2O/c1-3-10-6-5-7-11-8-12(9-15-4-2)14(17)16-13(10)11/h5-8,15H,3-4,9H2,1-2H3,(H,16,17). The Kier molecular flexibility index (Phi) is 3.59. The van der Waals surface area contributed by atoms with Gasteiger partial charge in [-0.05, 0) is 30.0 Å². The van der Waals surface area contributed by atoms with Gasteiger partial charge in [0, 0.05) is 12.1 Å². The molecule has 2 N–H and O–H groups in total. The molecule has 1 heterocycles. The lowest BCUT2D eigenvalue weighted by molar-refractivity contribution is 0.721. The largest absolute Gasteiger partial charge is 0.321 e. The number of pyridine rings is 1. The molecule has 0 spiro atoms. The molecule has 0 fully saturated rings. The fraction of sp³-hybridized carbons (Fsp3) is 0.357. The molecule has 1 aromatic heterocycles. The van der Waals surface area contributed by atoms with Gasteiger partial charge in [-0.25, -0.2) is 0 Å². The maximum absolute atomic E-state index is 11.9. The van der Waals surface area contributed by atoms with E-state index in [1.165, 1.54) is 5.56 Å². The maximum Gasteiger partial charge on any atom is 0.252 e. The van der Waals surface area contributed by atoms with E-state index in [0.29, 0.717) is 6.54 Å². The first-order valence-corrected chi connectivity index (χ1v) is 6.10. The van der Waals surface area contributed by atoms with Crippen molar-refractivity contribution < 1.29 is 0 Å². The second-order valence-electron chi connectivity index (χ2n) is 4.14. The summed E-state index contributed by atoms with van der Waals surface area (Å²) < 4.78 is 0. The number of aryl methyl sites for hydroxylation is 1. The van der Waals surface area contributed by atoms with Crippen molar-refractivity contribution in [3.63, 3.8) is 0 Å². The van der Waals surface area contributed by atoms with Crippen LogP contribution in [-0.2, 0) is 13.0 Å². The van der Waals surface area contributed by atoms with E-state index < -0.39 is 0 Å². The van der Waals surface area contributed by atoms with Crippen LogP contribution >= 0.6 is 0 Å². The number of nitrogens with one attached hydrogen (secondary N) is 2. The van der Waals surface area contributed by atoms with Crippen LogP contribution in [0.2, 0.25) is 0 Å². The summed E-state index contributed by atoms with van der Waals surface area (Å²) in [6.07, 6.45) is 0.930. The molecule has 0 atom stereocenters. The zero-order valence-corrected chi connectivity index (χ0v) is 10.3. The van der Waals surface area contributed by atoms with Crippen LogP contribution in [0.1, 0.15) is 25.0 Å². The minimum absolute atomic E-state index is 0.0133. The van der Waals surface area contributed by atoms with Crippen molar-refractivity contribution in [2.24, 2.45) is 0 Å². The molecule has 1 aromatic carbocycles. The average molecular weight is 230 g/mol. The van der Waals surface area contributed by atoms with Gasteiger partial charge in [-0.15, -0.1) is 0 Å². The van der Waals surface area contributed by atoms with Crippen molar-refractivity contribution in [2.45, 2.75) is 26.8 Å². The Morgan fingerprint density at radius 1 is 1.24 bits per heavy atom. The van der Waals surface area contributed by atoms with Crippen LogP contribution in [0, 0.1) is 0 Å². The summed E-state index contributed by atoms with van der Waals surface area (Å²) in [7, 11) is 0. The minimum atomic E-state index is 0.0133. The molecule has 0 amide bonds. The molecule has 0 radical (unpaired) electrons. The lowest BCUT2D eigenvalue weighted by atomic mass is 10.1. The summed E-state index contributed by atoms with van der Waals surface area (Å²) >= 11 is 0. The fourth-order valence-corrected chi connectivity index (χ4v) is 2.03. The van der Waals surface area contributed by atoms with Crippen molar-refractivity contribution in [1.29, 1.82) is 0 Å². The van der Waals surface area contributed by atoms with E-state index >= 15 is 0 Å². The van der Waals surface area contributed by atoms with Gasteiger partial charge >= 0.3 is 0 Å². The lowest BCUT2D eigenvalue weighted by Crippen LogP contribution is -2.20. The SMILES string of the molecule is CCNCc1cc2cccc(CC)c2[nH]c1=O. The van der Waals surface area contributed by atoms with E-state index in [1.54, 1.807) is 0 Å². The molecule has 0 aliphatic rings. The number of aromatic amines is 1. The number of fused-ring (bicyclic) bond motifs is 1. The van der Waals surface area contributed by atoms with Crippen LogP contribution < -0.4 is 10.9 Å². The van der Waals surface area contributed by atoms with E-state index in [2.05, 4.69) is 23.3 Å². The molecular weight excluding hydrogens is 212 g/mol. The van der Waals surface area contributed by atoms with Gasteiger partial charge in [-0.1, -0.05) is 32.0 Å². The zero-order chi connectivity index (χ0) is 12.3. The highest BCUT2D eigenvalue weighted by Crippen LogP contribution is 2.16. The molecule has 2 rings (SSSR count). The number of rotatable bonds is 4. The third-order valence-electron chi connectivity index (χ3n) is 2.99. The van der Waals surface area contributed by atoms with Crippen molar-refractivity contribution in [3.05, 3.63) is 45.7 Å². The monoisotopic (exact) mass is 230 g/mol. The van der Waals surface area contributed by atoms with Crippen LogP contribution in [0.3, 0.4) is 0 Å². The Labute approximate surface area is 101 Å². The van der Waals surface area contributed by atoms with Crippen LogP contribution in [0.15, 0.2) is 29.1 Å². The molecule has 0 bridgehead atoms. The molecule has 3 heteroatoms. The second kappa shape index (κ2) is 5.15. The first-order valence-electron chi connectivity index (χ1n) is 6.10. The van der Waals surface area contributed by atoms with Gasteiger partial charge in [0.05, 0.1) is 5.52 Å². The van der Waals surface area contributed by atoms with Gasteiger partial charge in [-0.3, -0.25) is 4.79 Å².